The first-order valence-electron chi connectivity index (χ1n) is 11.3. The number of aryl methyl sites for hydroxylation is 1. The van der Waals surface area contributed by atoms with Crippen LogP contribution in [0.15, 0.2) is 24.5 Å². The largest absolute Gasteiger partial charge is 0.473 e. The Morgan fingerprint density at radius 1 is 1.33 bits per heavy atom. The number of hydrogen-bond donors (Lipinski definition) is 1. The number of rotatable bonds is 8. The van der Waals surface area contributed by atoms with E-state index in [1.54, 1.807) is 11.0 Å². The maximum absolute atomic E-state index is 14.6. The normalized spacial score (nSPS) is 14.1. The monoisotopic (exact) mass is 455 g/mol. The van der Waals surface area contributed by atoms with Crippen molar-refractivity contribution in [3.05, 3.63) is 41.5 Å². The lowest BCUT2D eigenvalue weighted by Crippen LogP contribution is -2.42. The molecular weight excluding hydrogens is 425 g/mol. The molecule has 1 saturated heterocycles. The minimum Gasteiger partial charge on any atom is -0.473 e. The number of anilines is 2. The van der Waals surface area contributed by atoms with Crippen molar-refractivity contribution in [3.8, 4) is 11.9 Å². The topological polar surface area (TPSA) is 100 Å². The van der Waals surface area contributed by atoms with Crippen LogP contribution in [-0.2, 0) is 11.2 Å². The molecule has 0 radical (unpaired) electrons. The van der Waals surface area contributed by atoms with Crippen LogP contribution in [0.3, 0.4) is 0 Å². The molecule has 0 saturated carbocycles. The Morgan fingerprint density at radius 3 is 2.73 bits per heavy atom. The second-order valence-corrected chi connectivity index (χ2v) is 8.29. The molecule has 0 bridgehead atoms. The second kappa shape index (κ2) is 11.5. The number of hydrogen-bond acceptors (Lipinski definition) is 7. The van der Waals surface area contributed by atoms with Crippen LogP contribution in [0.4, 0.5) is 20.7 Å². The van der Waals surface area contributed by atoms with Gasteiger partial charge in [0.2, 0.25) is 5.88 Å². The Balaban J connectivity index is 1.67. The van der Waals surface area contributed by atoms with Crippen LogP contribution in [0.2, 0.25) is 0 Å². The molecule has 1 amide bonds. The number of nitrogens with one attached hydrogen (secondary N) is 1. The summed E-state index contributed by atoms with van der Waals surface area (Å²) in [6.07, 6.45) is 4.58. The highest BCUT2D eigenvalue weighted by molar-refractivity contribution is 5.68. The number of nitriles is 1. The fraction of sp³-hybridized carbons (Fsp3) is 0.500. The van der Waals surface area contributed by atoms with Gasteiger partial charge in [-0.05, 0) is 44.4 Å². The Kier molecular flexibility index (Phi) is 8.41. The van der Waals surface area contributed by atoms with Crippen molar-refractivity contribution in [2.24, 2.45) is 0 Å². The van der Waals surface area contributed by atoms with Crippen LogP contribution in [0.1, 0.15) is 57.6 Å². The number of halogens is 1. The van der Waals surface area contributed by atoms with Crippen LogP contribution in [0.5, 0.6) is 5.88 Å². The fourth-order valence-corrected chi connectivity index (χ4v) is 3.57. The highest BCUT2D eigenvalue weighted by Crippen LogP contribution is 2.28. The van der Waals surface area contributed by atoms with Gasteiger partial charge in [0.1, 0.15) is 24.3 Å². The summed E-state index contributed by atoms with van der Waals surface area (Å²) in [5.41, 5.74) is 1.26. The molecule has 1 aliphatic heterocycles. The molecule has 1 fully saturated rings. The molecule has 0 spiro atoms. The summed E-state index contributed by atoms with van der Waals surface area (Å²) < 4.78 is 25.8. The second-order valence-electron chi connectivity index (χ2n) is 8.29. The molecule has 1 N–H and O–H groups in total. The fourth-order valence-electron chi connectivity index (χ4n) is 3.57. The molecule has 176 valence electrons. The van der Waals surface area contributed by atoms with E-state index < -0.39 is 5.82 Å². The number of nitrogens with zero attached hydrogens (tertiary/aromatic N) is 4. The maximum atomic E-state index is 14.6. The standard InChI is InChI=1S/C24H30FN5O3/c1-4-5-6-17-7-8-21(20(25)13-17)29-22-19(14-26)23(28-15-27-22)33-18-9-11-30(12-10-18)24(31)32-16(2)3/h7-8,13,15-16,18H,4-6,9-12H2,1-3H3,(H,27,28,29). The number of ether oxygens (including phenoxy) is 2. The number of carbonyl (C=O) groups is 1. The van der Waals surface area contributed by atoms with Gasteiger partial charge in [-0.15, -0.1) is 0 Å². The summed E-state index contributed by atoms with van der Waals surface area (Å²) in [6, 6.07) is 7.08. The maximum Gasteiger partial charge on any atom is 0.410 e. The lowest BCUT2D eigenvalue weighted by molar-refractivity contribution is 0.0506. The number of benzene rings is 1. The van der Waals surface area contributed by atoms with E-state index in [9.17, 15) is 14.4 Å². The molecule has 8 nitrogen and oxygen atoms in total. The zero-order valence-corrected chi connectivity index (χ0v) is 19.3. The van der Waals surface area contributed by atoms with Crippen LogP contribution in [-0.4, -0.2) is 46.3 Å². The SMILES string of the molecule is CCCCc1ccc(Nc2ncnc(OC3CCN(C(=O)OC(C)C)CC3)c2C#N)c(F)c1. The molecule has 3 rings (SSSR count). The van der Waals surface area contributed by atoms with E-state index in [1.807, 2.05) is 19.9 Å². The Bertz CT molecular complexity index is 1000. The van der Waals surface area contributed by atoms with Gasteiger partial charge in [0.05, 0.1) is 11.8 Å². The van der Waals surface area contributed by atoms with Crippen LogP contribution < -0.4 is 10.1 Å². The number of amides is 1. The summed E-state index contributed by atoms with van der Waals surface area (Å²) in [4.78, 5) is 21.9. The summed E-state index contributed by atoms with van der Waals surface area (Å²) in [7, 11) is 0. The van der Waals surface area contributed by atoms with Gasteiger partial charge in [0.15, 0.2) is 11.4 Å². The molecule has 2 aromatic rings. The molecule has 2 heterocycles. The van der Waals surface area contributed by atoms with Crippen molar-refractivity contribution < 1.29 is 18.7 Å². The van der Waals surface area contributed by atoms with Gasteiger partial charge in [-0.1, -0.05) is 19.4 Å². The van der Waals surface area contributed by atoms with Gasteiger partial charge in [-0.3, -0.25) is 0 Å². The zero-order chi connectivity index (χ0) is 23.8. The van der Waals surface area contributed by atoms with E-state index in [4.69, 9.17) is 9.47 Å². The molecule has 0 atom stereocenters. The average molecular weight is 456 g/mol. The third kappa shape index (κ3) is 6.54. The quantitative estimate of drug-likeness (QED) is 0.600. The average Bonchev–Trinajstić information content (AvgIpc) is 2.79. The molecule has 33 heavy (non-hydrogen) atoms. The highest BCUT2D eigenvalue weighted by Gasteiger charge is 2.27. The van der Waals surface area contributed by atoms with Crippen LogP contribution in [0.25, 0.3) is 0 Å². The lowest BCUT2D eigenvalue weighted by atomic mass is 10.1. The van der Waals surface area contributed by atoms with Gasteiger partial charge >= 0.3 is 6.09 Å². The third-order valence-corrected chi connectivity index (χ3v) is 5.34. The minimum absolute atomic E-state index is 0.105. The predicted octanol–water partition coefficient (Wildman–Crippen LogP) is 4.96. The number of unbranched alkanes of at least 4 members (excludes halogenated alkanes) is 1. The molecule has 1 aromatic carbocycles. The van der Waals surface area contributed by atoms with Gasteiger partial charge in [-0.25, -0.2) is 19.2 Å². The zero-order valence-electron chi connectivity index (χ0n) is 19.3. The smallest absolute Gasteiger partial charge is 0.410 e. The van der Waals surface area contributed by atoms with E-state index in [2.05, 4.69) is 28.3 Å². The minimum atomic E-state index is -0.408. The summed E-state index contributed by atoms with van der Waals surface area (Å²) >= 11 is 0. The first kappa shape index (κ1) is 24.2. The predicted molar refractivity (Wildman–Crippen MR) is 122 cm³/mol. The van der Waals surface area contributed by atoms with Crippen molar-refractivity contribution in [1.82, 2.24) is 14.9 Å². The molecule has 9 heteroatoms. The molecule has 0 aliphatic carbocycles. The van der Waals surface area contributed by atoms with E-state index in [-0.39, 0.29) is 41.2 Å². The molecular formula is C24H30FN5O3. The summed E-state index contributed by atoms with van der Waals surface area (Å²) in [5.74, 6) is -0.0898. The Morgan fingerprint density at radius 2 is 2.09 bits per heavy atom. The summed E-state index contributed by atoms with van der Waals surface area (Å²) in [5, 5.41) is 12.6. The Labute approximate surface area is 193 Å². The van der Waals surface area contributed by atoms with Gasteiger partial charge in [0, 0.05) is 25.9 Å². The van der Waals surface area contributed by atoms with Gasteiger partial charge < -0.3 is 19.7 Å². The number of carbonyl (C=O) groups excluding carboxylic acids is 1. The number of piperidine rings is 1. The first-order valence-corrected chi connectivity index (χ1v) is 11.3. The van der Waals surface area contributed by atoms with Gasteiger partial charge in [0.25, 0.3) is 0 Å². The van der Waals surface area contributed by atoms with Crippen molar-refractivity contribution in [2.45, 2.75) is 65.1 Å². The molecule has 1 aliphatic rings. The van der Waals surface area contributed by atoms with E-state index >= 15 is 0 Å². The van der Waals surface area contributed by atoms with E-state index in [0.717, 1.165) is 24.8 Å². The first-order chi connectivity index (χ1) is 15.9. The van der Waals surface area contributed by atoms with Crippen molar-refractivity contribution in [1.29, 1.82) is 5.26 Å². The van der Waals surface area contributed by atoms with E-state index in [0.29, 0.717) is 25.9 Å². The van der Waals surface area contributed by atoms with Crippen LogP contribution >= 0.6 is 0 Å². The highest BCUT2D eigenvalue weighted by atomic mass is 19.1. The molecule has 1 aromatic heterocycles. The Hall–Kier alpha value is -3.41. The van der Waals surface area contributed by atoms with Crippen molar-refractivity contribution in [3.63, 3.8) is 0 Å². The van der Waals surface area contributed by atoms with Crippen molar-refractivity contribution >= 4 is 17.6 Å². The molecule has 0 unspecified atom stereocenters. The lowest BCUT2D eigenvalue weighted by Gasteiger charge is -2.31. The van der Waals surface area contributed by atoms with Crippen LogP contribution in [0, 0.1) is 17.1 Å². The van der Waals surface area contributed by atoms with E-state index in [1.165, 1.54) is 12.4 Å². The van der Waals surface area contributed by atoms with Gasteiger partial charge in [-0.2, -0.15) is 5.26 Å². The number of aromatic nitrogens is 2. The summed E-state index contributed by atoms with van der Waals surface area (Å²) in [6.45, 7) is 6.69. The third-order valence-electron chi connectivity index (χ3n) is 5.34. The van der Waals surface area contributed by atoms with Crippen molar-refractivity contribution in [2.75, 3.05) is 18.4 Å². The number of likely N-dealkylation sites (tertiary alicyclic amines) is 1.